The Morgan fingerprint density at radius 2 is 2.39 bits per heavy atom. The molecule has 1 aromatic rings. The fourth-order valence-corrected chi connectivity index (χ4v) is 2.21. The number of aromatic nitrogens is 1. The zero-order chi connectivity index (χ0) is 13.0. The highest BCUT2D eigenvalue weighted by atomic mass is 16.5. The standard InChI is InChI=1S/C13H20N2O3/c1-3-15(8-11-6-4-5-7-17-11)13(16)12-10(2)18-9-14-12/h9,11H,3-8H2,1-2H3. The van der Waals surface area contributed by atoms with Crippen LogP contribution in [0.5, 0.6) is 0 Å². The molecule has 2 heterocycles. The largest absolute Gasteiger partial charge is 0.448 e. The molecule has 0 radical (unpaired) electrons. The molecule has 5 heteroatoms. The van der Waals surface area contributed by atoms with Crippen LogP contribution in [0.15, 0.2) is 10.8 Å². The minimum atomic E-state index is -0.0714. The fraction of sp³-hybridized carbons (Fsp3) is 0.692. The average Bonchev–Trinajstić information content (AvgIpc) is 2.82. The Labute approximate surface area is 107 Å². The van der Waals surface area contributed by atoms with Crippen molar-refractivity contribution in [2.75, 3.05) is 19.7 Å². The van der Waals surface area contributed by atoms with E-state index in [1.54, 1.807) is 11.8 Å². The smallest absolute Gasteiger partial charge is 0.276 e. The molecule has 1 fully saturated rings. The lowest BCUT2D eigenvalue weighted by molar-refractivity contribution is -0.00325. The molecule has 1 unspecified atom stereocenters. The predicted octanol–water partition coefficient (Wildman–Crippen LogP) is 2.01. The molecule has 1 aliphatic heterocycles. The number of rotatable bonds is 4. The van der Waals surface area contributed by atoms with Crippen LogP contribution in [0.3, 0.4) is 0 Å². The number of likely N-dealkylation sites (N-methyl/N-ethyl adjacent to an activating group) is 1. The van der Waals surface area contributed by atoms with Gasteiger partial charge in [-0.15, -0.1) is 0 Å². The summed E-state index contributed by atoms with van der Waals surface area (Å²) in [5.74, 6) is 0.501. The molecule has 0 saturated carbocycles. The van der Waals surface area contributed by atoms with Crippen LogP contribution in [-0.4, -0.2) is 41.6 Å². The van der Waals surface area contributed by atoms with E-state index in [1.165, 1.54) is 12.8 Å². The van der Waals surface area contributed by atoms with E-state index in [1.807, 2.05) is 6.92 Å². The number of hydrogen-bond donors (Lipinski definition) is 0. The summed E-state index contributed by atoms with van der Waals surface area (Å²) in [5, 5.41) is 0. The van der Waals surface area contributed by atoms with Crippen molar-refractivity contribution >= 4 is 5.91 Å². The van der Waals surface area contributed by atoms with Gasteiger partial charge in [-0.2, -0.15) is 0 Å². The van der Waals surface area contributed by atoms with Crippen molar-refractivity contribution in [2.45, 2.75) is 39.2 Å². The monoisotopic (exact) mass is 252 g/mol. The topological polar surface area (TPSA) is 55.6 Å². The van der Waals surface area contributed by atoms with Gasteiger partial charge in [0.2, 0.25) is 0 Å². The predicted molar refractivity (Wildman–Crippen MR) is 66.4 cm³/mol. The van der Waals surface area contributed by atoms with Gasteiger partial charge < -0.3 is 14.1 Å². The molecule has 0 bridgehead atoms. The molecule has 1 atom stereocenters. The Balaban J connectivity index is 1.99. The van der Waals surface area contributed by atoms with Crippen LogP contribution >= 0.6 is 0 Å². The first-order valence-corrected chi connectivity index (χ1v) is 6.53. The first-order valence-electron chi connectivity index (χ1n) is 6.53. The maximum atomic E-state index is 12.3. The summed E-state index contributed by atoms with van der Waals surface area (Å²) < 4.78 is 10.8. The summed E-state index contributed by atoms with van der Waals surface area (Å²) in [4.78, 5) is 18.0. The zero-order valence-corrected chi connectivity index (χ0v) is 11.0. The van der Waals surface area contributed by atoms with Gasteiger partial charge in [-0.25, -0.2) is 4.98 Å². The molecule has 5 nitrogen and oxygen atoms in total. The van der Waals surface area contributed by atoms with Gasteiger partial charge in [0.05, 0.1) is 6.10 Å². The van der Waals surface area contributed by atoms with Gasteiger partial charge in [0.1, 0.15) is 5.76 Å². The number of carbonyl (C=O) groups excluding carboxylic acids is 1. The number of ether oxygens (including phenoxy) is 1. The first-order chi connectivity index (χ1) is 8.72. The number of oxazole rings is 1. The fourth-order valence-electron chi connectivity index (χ4n) is 2.21. The minimum absolute atomic E-state index is 0.0714. The molecular formula is C13H20N2O3. The summed E-state index contributed by atoms with van der Waals surface area (Å²) in [6.45, 7) is 5.83. The highest BCUT2D eigenvalue weighted by Crippen LogP contribution is 2.16. The third-order valence-corrected chi connectivity index (χ3v) is 3.31. The Kier molecular flexibility index (Phi) is 4.36. The Morgan fingerprint density at radius 1 is 1.56 bits per heavy atom. The Morgan fingerprint density at radius 3 is 2.94 bits per heavy atom. The van der Waals surface area contributed by atoms with Gasteiger partial charge in [-0.05, 0) is 33.1 Å². The van der Waals surface area contributed by atoms with Gasteiger partial charge in [0.15, 0.2) is 12.1 Å². The molecule has 1 aliphatic rings. The van der Waals surface area contributed by atoms with Crippen LogP contribution in [0.2, 0.25) is 0 Å². The van der Waals surface area contributed by atoms with Gasteiger partial charge in [0, 0.05) is 19.7 Å². The van der Waals surface area contributed by atoms with Gasteiger partial charge in [-0.3, -0.25) is 4.79 Å². The lowest BCUT2D eigenvalue weighted by atomic mass is 10.1. The van der Waals surface area contributed by atoms with Gasteiger partial charge >= 0.3 is 0 Å². The molecule has 1 aromatic heterocycles. The van der Waals surface area contributed by atoms with Crippen molar-refractivity contribution in [1.82, 2.24) is 9.88 Å². The molecule has 0 spiro atoms. The Hall–Kier alpha value is -1.36. The van der Waals surface area contributed by atoms with Crippen molar-refractivity contribution in [2.24, 2.45) is 0 Å². The van der Waals surface area contributed by atoms with Crippen LogP contribution in [0.1, 0.15) is 42.4 Å². The van der Waals surface area contributed by atoms with Crippen LogP contribution < -0.4 is 0 Å². The second kappa shape index (κ2) is 6.00. The molecule has 2 rings (SSSR count). The van der Waals surface area contributed by atoms with Crippen molar-refractivity contribution < 1.29 is 13.9 Å². The zero-order valence-electron chi connectivity index (χ0n) is 11.0. The van der Waals surface area contributed by atoms with E-state index < -0.39 is 0 Å². The third-order valence-electron chi connectivity index (χ3n) is 3.31. The summed E-state index contributed by atoms with van der Waals surface area (Å²) >= 11 is 0. The molecule has 100 valence electrons. The summed E-state index contributed by atoms with van der Waals surface area (Å²) in [5.41, 5.74) is 0.410. The molecule has 0 N–H and O–H groups in total. The van der Waals surface area contributed by atoms with E-state index >= 15 is 0 Å². The van der Waals surface area contributed by atoms with E-state index in [0.29, 0.717) is 24.5 Å². The Bertz CT molecular complexity index is 397. The molecular weight excluding hydrogens is 232 g/mol. The van der Waals surface area contributed by atoms with Crippen molar-refractivity contribution in [1.29, 1.82) is 0 Å². The number of aryl methyl sites for hydroxylation is 1. The van der Waals surface area contributed by atoms with E-state index in [2.05, 4.69) is 4.98 Å². The minimum Gasteiger partial charge on any atom is -0.448 e. The number of hydrogen-bond acceptors (Lipinski definition) is 4. The summed E-state index contributed by atoms with van der Waals surface area (Å²) in [7, 11) is 0. The van der Waals surface area contributed by atoms with E-state index in [-0.39, 0.29) is 12.0 Å². The number of carbonyl (C=O) groups is 1. The van der Waals surface area contributed by atoms with E-state index in [0.717, 1.165) is 19.4 Å². The number of amides is 1. The molecule has 0 aliphatic carbocycles. The van der Waals surface area contributed by atoms with Crippen LogP contribution in [-0.2, 0) is 4.74 Å². The van der Waals surface area contributed by atoms with Crippen molar-refractivity contribution in [3.8, 4) is 0 Å². The third kappa shape index (κ3) is 2.90. The summed E-state index contributed by atoms with van der Waals surface area (Å²) in [6, 6.07) is 0. The average molecular weight is 252 g/mol. The molecule has 1 amide bonds. The van der Waals surface area contributed by atoms with Crippen molar-refractivity contribution in [3.05, 3.63) is 17.8 Å². The quantitative estimate of drug-likeness (QED) is 0.822. The highest BCUT2D eigenvalue weighted by molar-refractivity contribution is 5.93. The molecule has 1 saturated heterocycles. The number of nitrogens with zero attached hydrogens (tertiary/aromatic N) is 2. The maximum absolute atomic E-state index is 12.3. The molecule has 0 aromatic carbocycles. The second-order valence-corrected chi connectivity index (χ2v) is 4.59. The first kappa shape index (κ1) is 13.1. The molecule has 18 heavy (non-hydrogen) atoms. The van der Waals surface area contributed by atoms with Crippen LogP contribution in [0.4, 0.5) is 0 Å². The van der Waals surface area contributed by atoms with Crippen LogP contribution in [0.25, 0.3) is 0 Å². The lowest BCUT2D eigenvalue weighted by Gasteiger charge is -2.28. The second-order valence-electron chi connectivity index (χ2n) is 4.59. The SMILES string of the molecule is CCN(CC1CCCCO1)C(=O)c1ncoc1C. The lowest BCUT2D eigenvalue weighted by Crippen LogP contribution is -2.40. The van der Waals surface area contributed by atoms with Gasteiger partial charge in [0.25, 0.3) is 5.91 Å². The summed E-state index contributed by atoms with van der Waals surface area (Å²) in [6.07, 6.45) is 4.81. The van der Waals surface area contributed by atoms with E-state index in [9.17, 15) is 4.79 Å². The van der Waals surface area contributed by atoms with Crippen molar-refractivity contribution in [3.63, 3.8) is 0 Å². The van der Waals surface area contributed by atoms with Crippen LogP contribution in [0, 0.1) is 6.92 Å². The highest BCUT2D eigenvalue weighted by Gasteiger charge is 2.24. The normalized spacial score (nSPS) is 19.8. The maximum Gasteiger partial charge on any atom is 0.276 e. The van der Waals surface area contributed by atoms with E-state index in [4.69, 9.17) is 9.15 Å². The van der Waals surface area contributed by atoms with Gasteiger partial charge in [-0.1, -0.05) is 0 Å².